The van der Waals surface area contributed by atoms with Crippen molar-refractivity contribution in [2.75, 3.05) is 27.0 Å². The number of hydrogen-bond acceptors (Lipinski definition) is 4. The molecule has 1 aromatic carbocycles. The Morgan fingerprint density at radius 1 is 1.13 bits per heavy atom. The molecule has 0 saturated carbocycles. The standard InChI is InChI=1S/C16H20N2O4S/c1-21-12-6-7-15(22-2)13(11-12)16-14-5-4-8-17(14)9-10-18(16)23(3,19)20/h4-8,11,16H,9-10H2,1-3H3. The van der Waals surface area contributed by atoms with E-state index in [0.29, 0.717) is 24.6 Å². The Morgan fingerprint density at radius 3 is 2.57 bits per heavy atom. The third kappa shape index (κ3) is 2.82. The first kappa shape index (κ1) is 15.9. The number of benzene rings is 1. The molecule has 0 amide bonds. The van der Waals surface area contributed by atoms with Crippen LogP contribution in [0.5, 0.6) is 11.5 Å². The van der Waals surface area contributed by atoms with Gasteiger partial charge in [0, 0.05) is 30.5 Å². The molecule has 0 radical (unpaired) electrons. The molecule has 1 aromatic heterocycles. The maximum absolute atomic E-state index is 12.3. The predicted octanol–water partition coefficient (Wildman–Crippen LogP) is 1.87. The molecule has 0 fully saturated rings. The summed E-state index contributed by atoms with van der Waals surface area (Å²) in [6, 6.07) is 8.89. The lowest BCUT2D eigenvalue weighted by atomic mass is 10.0. The predicted molar refractivity (Wildman–Crippen MR) is 87.4 cm³/mol. The molecule has 2 heterocycles. The third-order valence-corrected chi connectivity index (χ3v) is 5.40. The van der Waals surface area contributed by atoms with Crippen molar-refractivity contribution in [3.8, 4) is 11.5 Å². The van der Waals surface area contributed by atoms with Crippen LogP contribution in [0, 0.1) is 0 Å². The van der Waals surface area contributed by atoms with Gasteiger partial charge in [-0.05, 0) is 30.3 Å². The molecule has 1 aliphatic heterocycles. The Bertz CT molecular complexity index is 813. The van der Waals surface area contributed by atoms with Crippen LogP contribution in [-0.2, 0) is 16.6 Å². The quantitative estimate of drug-likeness (QED) is 0.855. The molecule has 124 valence electrons. The Balaban J connectivity index is 2.22. The van der Waals surface area contributed by atoms with E-state index in [1.807, 2.05) is 24.4 Å². The zero-order chi connectivity index (χ0) is 16.6. The third-order valence-electron chi connectivity index (χ3n) is 4.15. The second kappa shape index (κ2) is 5.90. The average Bonchev–Trinajstić information content (AvgIpc) is 3.01. The fourth-order valence-corrected chi connectivity index (χ4v) is 4.10. The second-order valence-corrected chi connectivity index (χ2v) is 7.45. The number of sulfonamides is 1. The summed E-state index contributed by atoms with van der Waals surface area (Å²) in [6.45, 7) is 1.06. The Morgan fingerprint density at radius 2 is 1.91 bits per heavy atom. The summed E-state index contributed by atoms with van der Waals surface area (Å²) in [4.78, 5) is 0. The Kier molecular flexibility index (Phi) is 4.08. The van der Waals surface area contributed by atoms with Gasteiger partial charge in [0.05, 0.1) is 26.5 Å². The number of hydrogen-bond donors (Lipinski definition) is 0. The van der Waals surface area contributed by atoms with E-state index in [1.54, 1.807) is 26.4 Å². The fourth-order valence-electron chi connectivity index (χ4n) is 3.09. The minimum atomic E-state index is -3.36. The molecule has 6 nitrogen and oxygen atoms in total. The molecule has 0 spiro atoms. The number of fused-ring (bicyclic) bond motifs is 1. The van der Waals surface area contributed by atoms with E-state index in [-0.39, 0.29) is 0 Å². The highest BCUT2D eigenvalue weighted by Crippen LogP contribution is 2.40. The van der Waals surface area contributed by atoms with Crippen molar-refractivity contribution in [3.05, 3.63) is 47.8 Å². The lowest BCUT2D eigenvalue weighted by molar-refractivity contribution is 0.291. The van der Waals surface area contributed by atoms with E-state index in [4.69, 9.17) is 9.47 Å². The average molecular weight is 336 g/mol. The molecule has 23 heavy (non-hydrogen) atoms. The number of nitrogens with zero attached hydrogens (tertiary/aromatic N) is 2. The van der Waals surface area contributed by atoms with Crippen molar-refractivity contribution in [3.63, 3.8) is 0 Å². The highest BCUT2D eigenvalue weighted by atomic mass is 32.2. The topological polar surface area (TPSA) is 60.8 Å². The lowest BCUT2D eigenvalue weighted by Gasteiger charge is -2.36. The van der Waals surface area contributed by atoms with Crippen molar-refractivity contribution in [2.45, 2.75) is 12.6 Å². The summed E-state index contributed by atoms with van der Waals surface area (Å²) in [5.74, 6) is 1.30. The Hall–Kier alpha value is -1.99. The van der Waals surface area contributed by atoms with Crippen molar-refractivity contribution in [2.24, 2.45) is 0 Å². The summed E-state index contributed by atoms with van der Waals surface area (Å²) >= 11 is 0. The van der Waals surface area contributed by atoms with Gasteiger partial charge in [0.25, 0.3) is 0 Å². The normalized spacial score (nSPS) is 18.5. The van der Waals surface area contributed by atoms with Crippen LogP contribution in [0.15, 0.2) is 36.5 Å². The monoisotopic (exact) mass is 336 g/mol. The minimum Gasteiger partial charge on any atom is -0.497 e. The minimum absolute atomic E-state index is 0.422. The summed E-state index contributed by atoms with van der Waals surface area (Å²) in [5.41, 5.74) is 1.70. The van der Waals surface area contributed by atoms with Gasteiger partial charge in [-0.3, -0.25) is 0 Å². The van der Waals surface area contributed by atoms with Crippen LogP contribution in [0.4, 0.5) is 0 Å². The zero-order valence-electron chi connectivity index (χ0n) is 13.4. The van der Waals surface area contributed by atoms with Gasteiger partial charge in [0.15, 0.2) is 0 Å². The van der Waals surface area contributed by atoms with Crippen molar-refractivity contribution >= 4 is 10.0 Å². The molecule has 0 N–H and O–H groups in total. The Labute approximate surface area is 136 Å². The van der Waals surface area contributed by atoms with Crippen LogP contribution in [-0.4, -0.2) is 44.3 Å². The molecule has 1 unspecified atom stereocenters. The number of ether oxygens (including phenoxy) is 2. The number of methoxy groups -OCH3 is 2. The molecular formula is C16H20N2O4S. The van der Waals surface area contributed by atoms with Crippen LogP contribution in [0.3, 0.4) is 0 Å². The maximum atomic E-state index is 12.3. The first-order valence-electron chi connectivity index (χ1n) is 7.29. The van der Waals surface area contributed by atoms with Crippen LogP contribution in [0.25, 0.3) is 0 Å². The molecule has 0 bridgehead atoms. The van der Waals surface area contributed by atoms with Gasteiger partial charge < -0.3 is 14.0 Å². The van der Waals surface area contributed by atoms with Gasteiger partial charge in [-0.15, -0.1) is 0 Å². The van der Waals surface area contributed by atoms with Gasteiger partial charge in [-0.2, -0.15) is 4.31 Å². The first-order chi connectivity index (χ1) is 11.0. The molecule has 1 atom stereocenters. The molecule has 3 rings (SSSR count). The van der Waals surface area contributed by atoms with E-state index in [0.717, 1.165) is 11.3 Å². The van der Waals surface area contributed by atoms with Gasteiger partial charge in [-0.25, -0.2) is 8.42 Å². The summed E-state index contributed by atoms with van der Waals surface area (Å²) in [7, 11) is -0.197. The largest absolute Gasteiger partial charge is 0.497 e. The van der Waals surface area contributed by atoms with E-state index < -0.39 is 16.1 Å². The summed E-state index contributed by atoms with van der Waals surface area (Å²) < 4.78 is 39.0. The van der Waals surface area contributed by atoms with Gasteiger partial charge in [0.2, 0.25) is 10.0 Å². The maximum Gasteiger partial charge on any atom is 0.212 e. The lowest BCUT2D eigenvalue weighted by Crippen LogP contribution is -2.41. The van der Waals surface area contributed by atoms with Gasteiger partial charge in [0.1, 0.15) is 11.5 Å². The van der Waals surface area contributed by atoms with Crippen LogP contribution in [0.1, 0.15) is 17.3 Å². The van der Waals surface area contributed by atoms with E-state index in [1.165, 1.54) is 10.6 Å². The highest BCUT2D eigenvalue weighted by Gasteiger charge is 2.36. The number of rotatable bonds is 4. The fraction of sp³-hybridized carbons (Fsp3) is 0.375. The molecular weight excluding hydrogens is 316 g/mol. The molecule has 0 saturated heterocycles. The van der Waals surface area contributed by atoms with Crippen molar-refractivity contribution in [1.29, 1.82) is 0 Å². The SMILES string of the molecule is COc1ccc(OC)c(C2c3cccn3CCN2S(C)(=O)=O)c1. The van der Waals surface area contributed by atoms with Crippen LogP contribution < -0.4 is 9.47 Å². The highest BCUT2D eigenvalue weighted by molar-refractivity contribution is 7.88. The zero-order valence-corrected chi connectivity index (χ0v) is 14.2. The van der Waals surface area contributed by atoms with Gasteiger partial charge in [-0.1, -0.05) is 0 Å². The number of aromatic nitrogens is 1. The summed E-state index contributed by atoms with van der Waals surface area (Å²) in [5, 5.41) is 0. The van der Waals surface area contributed by atoms with E-state index >= 15 is 0 Å². The molecule has 2 aromatic rings. The van der Waals surface area contributed by atoms with Crippen molar-refractivity contribution in [1.82, 2.24) is 8.87 Å². The van der Waals surface area contributed by atoms with E-state index in [2.05, 4.69) is 4.57 Å². The smallest absolute Gasteiger partial charge is 0.212 e. The first-order valence-corrected chi connectivity index (χ1v) is 9.14. The van der Waals surface area contributed by atoms with Crippen LogP contribution >= 0.6 is 0 Å². The molecule has 0 aliphatic carbocycles. The van der Waals surface area contributed by atoms with Crippen LogP contribution in [0.2, 0.25) is 0 Å². The second-order valence-electron chi connectivity index (χ2n) is 5.51. The van der Waals surface area contributed by atoms with Gasteiger partial charge >= 0.3 is 0 Å². The van der Waals surface area contributed by atoms with E-state index in [9.17, 15) is 8.42 Å². The summed E-state index contributed by atoms with van der Waals surface area (Å²) in [6.07, 6.45) is 3.21. The molecule has 7 heteroatoms. The molecule has 1 aliphatic rings. The van der Waals surface area contributed by atoms with Crippen molar-refractivity contribution < 1.29 is 17.9 Å².